The van der Waals surface area contributed by atoms with Crippen molar-refractivity contribution < 1.29 is 15.3 Å². The molecule has 0 radical (unpaired) electrons. The van der Waals surface area contributed by atoms with Crippen LogP contribution in [0.4, 0.5) is 0 Å². The highest BCUT2D eigenvalue weighted by Crippen LogP contribution is 1.94. The number of rotatable bonds is 2. The van der Waals surface area contributed by atoms with Gasteiger partial charge in [0.2, 0.25) is 0 Å². The number of aliphatic hydroxyl groups is 3. The molecule has 0 fully saturated rings. The van der Waals surface area contributed by atoms with Crippen LogP contribution >= 0.6 is 0 Å². The maximum Gasteiger partial charge on any atom is 0.143 e. The Balaban J connectivity index is 2.58. The first kappa shape index (κ1) is 12.3. The Kier molecular flexibility index (Phi) is 5.11. The van der Waals surface area contributed by atoms with Gasteiger partial charge in [-0.2, -0.15) is 0 Å². The van der Waals surface area contributed by atoms with Crippen LogP contribution in [0.3, 0.4) is 0 Å². The van der Waals surface area contributed by atoms with E-state index in [4.69, 9.17) is 15.3 Å². The molecule has 0 unspecified atom stereocenters. The predicted molar refractivity (Wildman–Crippen MR) is 60.2 cm³/mol. The van der Waals surface area contributed by atoms with E-state index in [1.807, 2.05) is 30.3 Å². The van der Waals surface area contributed by atoms with E-state index in [-0.39, 0.29) is 0 Å². The first-order valence-corrected chi connectivity index (χ1v) is 4.77. The lowest BCUT2D eigenvalue weighted by atomic mass is 10.2. The standard InChI is InChI=1S/C13H12O3/c14-10-13(16)12(15)9-5-4-8-11-6-2-1-3-7-11/h1-3,6-7,12-16H,10H2/t12-,13-/m1/s1. The molecule has 0 aliphatic heterocycles. The summed E-state index contributed by atoms with van der Waals surface area (Å²) in [5.41, 5.74) is 0.828. The third-order valence-electron chi connectivity index (χ3n) is 1.81. The Bertz CT molecular complexity index is 431. The molecule has 1 aromatic carbocycles. The van der Waals surface area contributed by atoms with Crippen molar-refractivity contribution in [2.75, 3.05) is 6.61 Å². The molecule has 3 heteroatoms. The van der Waals surface area contributed by atoms with E-state index in [9.17, 15) is 0 Å². The highest BCUT2D eigenvalue weighted by atomic mass is 16.4. The van der Waals surface area contributed by atoms with Gasteiger partial charge in [-0.15, -0.1) is 0 Å². The van der Waals surface area contributed by atoms with Crippen LogP contribution in [0.1, 0.15) is 5.56 Å². The van der Waals surface area contributed by atoms with Gasteiger partial charge in [0.1, 0.15) is 12.2 Å². The Morgan fingerprint density at radius 2 is 1.75 bits per heavy atom. The first-order chi connectivity index (χ1) is 7.74. The van der Waals surface area contributed by atoms with Gasteiger partial charge in [-0.3, -0.25) is 0 Å². The van der Waals surface area contributed by atoms with E-state index in [0.717, 1.165) is 5.56 Å². The van der Waals surface area contributed by atoms with Crippen LogP contribution in [0.25, 0.3) is 0 Å². The summed E-state index contributed by atoms with van der Waals surface area (Å²) in [4.78, 5) is 0. The lowest BCUT2D eigenvalue weighted by molar-refractivity contribution is 0.0139. The zero-order valence-electron chi connectivity index (χ0n) is 8.59. The lowest BCUT2D eigenvalue weighted by Crippen LogP contribution is -2.27. The molecular weight excluding hydrogens is 204 g/mol. The molecule has 82 valence electrons. The van der Waals surface area contributed by atoms with E-state index in [1.54, 1.807) is 0 Å². The number of hydrogen-bond acceptors (Lipinski definition) is 3. The molecule has 0 aromatic heterocycles. The van der Waals surface area contributed by atoms with Crippen LogP contribution in [-0.4, -0.2) is 34.1 Å². The molecule has 0 saturated carbocycles. The monoisotopic (exact) mass is 216 g/mol. The summed E-state index contributed by atoms with van der Waals surface area (Å²) in [5.74, 6) is 10.1. The minimum Gasteiger partial charge on any atom is -0.394 e. The van der Waals surface area contributed by atoms with Crippen LogP contribution in [-0.2, 0) is 0 Å². The molecule has 1 rings (SSSR count). The van der Waals surface area contributed by atoms with E-state index in [0.29, 0.717) is 0 Å². The molecule has 16 heavy (non-hydrogen) atoms. The smallest absolute Gasteiger partial charge is 0.143 e. The molecule has 0 amide bonds. The van der Waals surface area contributed by atoms with Crippen LogP contribution in [0.5, 0.6) is 0 Å². The van der Waals surface area contributed by atoms with Crippen molar-refractivity contribution in [1.29, 1.82) is 0 Å². The summed E-state index contributed by atoms with van der Waals surface area (Å²) in [6.07, 6.45) is -2.51. The minimum atomic E-state index is -1.27. The fourth-order valence-electron chi connectivity index (χ4n) is 0.931. The van der Waals surface area contributed by atoms with Gasteiger partial charge >= 0.3 is 0 Å². The van der Waals surface area contributed by atoms with E-state index >= 15 is 0 Å². The normalized spacial score (nSPS) is 12.7. The van der Waals surface area contributed by atoms with Crippen LogP contribution in [0, 0.1) is 23.7 Å². The summed E-state index contributed by atoms with van der Waals surface area (Å²) >= 11 is 0. The van der Waals surface area contributed by atoms with Gasteiger partial charge in [-0.05, 0) is 24.0 Å². The topological polar surface area (TPSA) is 60.7 Å². The molecule has 0 heterocycles. The first-order valence-electron chi connectivity index (χ1n) is 4.77. The highest BCUT2D eigenvalue weighted by molar-refractivity contribution is 5.39. The molecule has 3 nitrogen and oxygen atoms in total. The molecule has 0 spiro atoms. The van der Waals surface area contributed by atoms with E-state index < -0.39 is 18.8 Å². The summed E-state index contributed by atoms with van der Waals surface area (Å²) in [6, 6.07) is 9.29. The SMILES string of the molecule is OC[C@@H](O)[C@H](O)C#CC#Cc1ccccc1. The van der Waals surface area contributed by atoms with Crippen molar-refractivity contribution in [2.24, 2.45) is 0 Å². The highest BCUT2D eigenvalue weighted by Gasteiger charge is 2.10. The Morgan fingerprint density at radius 1 is 1.06 bits per heavy atom. The maximum absolute atomic E-state index is 9.16. The van der Waals surface area contributed by atoms with Gasteiger partial charge in [0.25, 0.3) is 0 Å². The average Bonchev–Trinajstić information content (AvgIpc) is 2.34. The van der Waals surface area contributed by atoms with Crippen molar-refractivity contribution in [2.45, 2.75) is 12.2 Å². The number of benzene rings is 1. The second-order valence-corrected chi connectivity index (χ2v) is 3.08. The van der Waals surface area contributed by atoms with Gasteiger partial charge in [-0.1, -0.05) is 30.0 Å². The third-order valence-corrected chi connectivity index (χ3v) is 1.81. The molecule has 2 atom stereocenters. The fourth-order valence-corrected chi connectivity index (χ4v) is 0.931. The van der Waals surface area contributed by atoms with E-state index in [1.165, 1.54) is 0 Å². The van der Waals surface area contributed by atoms with Crippen molar-refractivity contribution in [3.05, 3.63) is 35.9 Å². The van der Waals surface area contributed by atoms with Crippen molar-refractivity contribution >= 4 is 0 Å². The minimum absolute atomic E-state index is 0.526. The molecule has 0 saturated heterocycles. The quantitative estimate of drug-likeness (QED) is 0.598. The van der Waals surface area contributed by atoms with E-state index in [2.05, 4.69) is 23.7 Å². The van der Waals surface area contributed by atoms with Gasteiger partial charge in [0, 0.05) is 5.56 Å². The third kappa shape index (κ3) is 4.16. The van der Waals surface area contributed by atoms with Gasteiger partial charge in [-0.25, -0.2) is 0 Å². The van der Waals surface area contributed by atoms with Gasteiger partial charge in [0.05, 0.1) is 6.61 Å². The number of aliphatic hydroxyl groups excluding tert-OH is 3. The van der Waals surface area contributed by atoms with Gasteiger partial charge in [0.15, 0.2) is 0 Å². The largest absolute Gasteiger partial charge is 0.394 e. The fraction of sp³-hybridized carbons (Fsp3) is 0.231. The van der Waals surface area contributed by atoms with Crippen LogP contribution in [0.2, 0.25) is 0 Å². The summed E-state index contributed by atoms with van der Waals surface area (Å²) in [7, 11) is 0. The summed E-state index contributed by atoms with van der Waals surface area (Å²) in [6.45, 7) is -0.526. The van der Waals surface area contributed by atoms with Crippen molar-refractivity contribution in [3.8, 4) is 23.7 Å². The average molecular weight is 216 g/mol. The zero-order chi connectivity index (χ0) is 11.8. The molecule has 0 bridgehead atoms. The second kappa shape index (κ2) is 6.66. The molecular formula is C13H12O3. The van der Waals surface area contributed by atoms with Crippen molar-refractivity contribution in [1.82, 2.24) is 0 Å². The Hall–Kier alpha value is -1.78. The number of hydrogen-bond donors (Lipinski definition) is 3. The van der Waals surface area contributed by atoms with Gasteiger partial charge < -0.3 is 15.3 Å². The predicted octanol–water partition coefficient (Wildman–Crippen LogP) is -0.244. The van der Waals surface area contributed by atoms with Crippen LogP contribution < -0.4 is 0 Å². The van der Waals surface area contributed by atoms with Crippen molar-refractivity contribution in [3.63, 3.8) is 0 Å². The zero-order valence-corrected chi connectivity index (χ0v) is 8.59. The lowest BCUT2D eigenvalue weighted by Gasteiger charge is -2.07. The summed E-state index contributed by atoms with van der Waals surface area (Å²) < 4.78 is 0. The maximum atomic E-state index is 9.16. The molecule has 3 N–H and O–H groups in total. The molecule has 0 aliphatic rings. The summed E-state index contributed by atoms with van der Waals surface area (Å²) in [5, 5.41) is 26.7. The Labute approximate surface area is 94.4 Å². The Morgan fingerprint density at radius 3 is 2.38 bits per heavy atom. The molecule has 1 aromatic rings. The second-order valence-electron chi connectivity index (χ2n) is 3.08. The molecule has 0 aliphatic carbocycles. The van der Waals surface area contributed by atoms with Crippen LogP contribution in [0.15, 0.2) is 30.3 Å².